The van der Waals surface area contributed by atoms with Crippen molar-refractivity contribution >= 4 is 26.0 Å². The average molecular weight is 372 g/mol. The van der Waals surface area contributed by atoms with Gasteiger partial charge >= 0.3 is 0 Å². The summed E-state index contributed by atoms with van der Waals surface area (Å²) in [6.45, 7) is 0.648. The summed E-state index contributed by atoms with van der Waals surface area (Å²) in [4.78, 5) is 0.482. The fourth-order valence-electron chi connectivity index (χ4n) is 3.47. The van der Waals surface area contributed by atoms with Gasteiger partial charge in [0.1, 0.15) is 0 Å². The molecule has 0 spiro atoms. The molecule has 1 aromatic rings. The molecule has 0 amide bonds. The fourth-order valence-corrected chi connectivity index (χ4v) is 6.07. The Labute approximate surface area is 135 Å². The van der Waals surface area contributed by atoms with Gasteiger partial charge in [0.25, 0.3) is 0 Å². The molecule has 0 saturated carbocycles. The largest absolute Gasteiger partial charge is 0.243 e. The van der Waals surface area contributed by atoms with E-state index in [4.69, 9.17) is 0 Å². The summed E-state index contributed by atoms with van der Waals surface area (Å²) < 4.78 is 27.8. The number of hydrogen-bond acceptors (Lipinski definition) is 2. The summed E-state index contributed by atoms with van der Waals surface area (Å²) in [6, 6.07) is 5.81. The fraction of sp³-hybridized carbons (Fsp3) is 0.625. The van der Waals surface area contributed by atoms with Crippen molar-refractivity contribution in [2.75, 3.05) is 11.9 Å². The lowest BCUT2D eigenvalue weighted by molar-refractivity contribution is 0.347. The third-order valence-electron chi connectivity index (χ3n) is 4.68. The second-order valence-corrected chi connectivity index (χ2v) is 8.60. The molecular formula is C16H22BrNO2S. The molecule has 1 heterocycles. The molecule has 1 aromatic carbocycles. The highest BCUT2D eigenvalue weighted by Crippen LogP contribution is 2.29. The normalized spacial score (nSPS) is 23.8. The Balaban J connectivity index is 1.94. The number of alkyl halides is 1. The van der Waals surface area contributed by atoms with Gasteiger partial charge in [-0.05, 0) is 55.4 Å². The molecule has 1 saturated heterocycles. The number of aryl methyl sites for hydroxylation is 2. The van der Waals surface area contributed by atoms with E-state index in [2.05, 4.69) is 15.9 Å². The van der Waals surface area contributed by atoms with Crippen LogP contribution in [-0.2, 0) is 22.9 Å². The molecule has 1 aliphatic heterocycles. The van der Waals surface area contributed by atoms with Crippen molar-refractivity contribution in [3.05, 3.63) is 29.3 Å². The van der Waals surface area contributed by atoms with Crippen molar-refractivity contribution in [3.8, 4) is 0 Å². The Kier molecular flexibility index (Phi) is 4.71. The van der Waals surface area contributed by atoms with Gasteiger partial charge in [0.15, 0.2) is 0 Å². The lowest BCUT2D eigenvalue weighted by atomic mass is 10.1. The molecule has 1 unspecified atom stereocenters. The molecule has 3 rings (SSSR count). The molecular weight excluding hydrogens is 350 g/mol. The zero-order valence-corrected chi connectivity index (χ0v) is 14.6. The van der Waals surface area contributed by atoms with Crippen LogP contribution in [0.1, 0.15) is 43.2 Å². The number of fused-ring (bicyclic) bond motifs is 1. The highest BCUT2D eigenvalue weighted by atomic mass is 79.9. The van der Waals surface area contributed by atoms with Gasteiger partial charge in [-0.25, -0.2) is 8.42 Å². The molecule has 0 aromatic heterocycles. The maximum Gasteiger partial charge on any atom is 0.243 e. The first-order chi connectivity index (χ1) is 10.1. The summed E-state index contributed by atoms with van der Waals surface area (Å²) in [5.74, 6) is 0. The van der Waals surface area contributed by atoms with Gasteiger partial charge in [-0.2, -0.15) is 4.31 Å². The van der Waals surface area contributed by atoms with Gasteiger partial charge in [-0.1, -0.05) is 34.8 Å². The Hall–Kier alpha value is -0.390. The Morgan fingerprint density at radius 1 is 1.10 bits per heavy atom. The van der Waals surface area contributed by atoms with Crippen molar-refractivity contribution in [2.45, 2.75) is 55.9 Å². The van der Waals surface area contributed by atoms with E-state index in [9.17, 15) is 8.42 Å². The maximum atomic E-state index is 13.0. The number of rotatable bonds is 3. The van der Waals surface area contributed by atoms with Gasteiger partial charge in [-0.15, -0.1) is 0 Å². The quantitative estimate of drug-likeness (QED) is 0.762. The van der Waals surface area contributed by atoms with Crippen LogP contribution in [0.2, 0.25) is 0 Å². The Morgan fingerprint density at radius 3 is 2.71 bits per heavy atom. The minimum atomic E-state index is -3.36. The zero-order valence-electron chi connectivity index (χ0n) is 12.2. The molecule has 116 valence electrons. The van der Waals surface area contributed by atoms with E-state index in [1.54, 1.807) is 10.4 Å². The first-order valence-corrected chi connectivity index (χ1v) is 10.4. The van der Waals surface area contributed by atoms with Gasteiger partial charge < -0.3 is 0 Å². The van der Waals surface area contributed by atoms with Crippen LogP contribution in [-0.4, -0.2) is 30.6 Å². The second-order valence-electron chi connectivity index (χ2n) is 6.06. The standard InChI is InChI=1S/C16H22BrNO2S/c17-12-15-7-2-1-3-10-18(15)21(19,20)16-9-8-13-5-4-6-14(13)11-16/h8-9,11,15H,1-7,10,12H2. The van der Waals surface area contributed by atoms with E-state index < -0.39 is 10.0 Å². The van der Waals surface area contributed by atoms with Crippen LogP contribution >= 0.6 is 15.9 Å². The average Bonchev–Trinajstić information content (AvgIpc) is 2.81. The van der Waals surface area contributed by atoms with Crippen LogP contribution < -0.4 is 0 Å². The van der Waals surface area contributed by atoms with Gasteiger partial charge in [0.2, 0.25) is 10.0 Å². The highest BCUT2D eigenvalue weighted by Gasteiger charge is 2.32. The van der Waals surface area contributed by atoms with Gasteiger partial charge in [0, 0.05) is 17.9 Å². The molecule has 1 aliphatic carbocycles. The van der Waals surface area contributed by atoms with Crippen molar-refractivity contribution in [1.29, 1.82) is 0 Å². The summed E-state index contributed by atoms with van der Waals surface area (Å²) >= 11 is 3.49. The lowest BCUT2D eigenvalue weighted by Crippen LogP contribution is -2.40. The number of nitrogens with zero attached hydrogens (tertiary/aromatic N) is 1. The van der Waals surface area contributed by atoms with Crippen LogP contribution in [0.4, 0.5) is 0 Å². The summed E-state index contributed by atoms with van der Waals surface area (Å²) in [5, 5.41) is 0.719. The van der Waals surface area contributed by atoms with Crippen LogP contribution in [0, 0.1) is 0 Å². The van der Waals surface area contributed by atoms with Crippen molar-refractivity contribution in [2.24, 2.45) is 0 Å². The molecule has 0 N–H and O–H groups in total. The van der Waals surface area contributed by atoms with E-state index in [1.165, 1.54) is 11.1 Å². The van der Waals surface area contributed by atoms with Crippen molar-refractivity contribution < 1.29 is 8.42 Å². The monoisotopic (exact) mass is 371 g/mol. The Morgan fingerprint density at radius 2 is 1.90 bits per heavy atom. The molecule has 1 atom stereocenters. The number of hydrogen-bond donors (Lipinski definition) is 0. The lowest BCUT2D eigenvalue weighted by Gasteiger charge is -2.28. The minimum Gasteiger partial charge on any atom is -0.207 e. The second kappa shape index (κ2) is 6.39. The first kappa shape index (κ1) is 15.5. The SMILES string of the molecule is O=S(=O)(c1ccc2c(c1)CCC2)N1CCCCCC1CBr. The van der Waals surface area contributed by atoms with Crippen LogP contribution in [0.25, 0.3) is 0 Å². The van der Waals surface area contributed by atoms with Crippen LogP contribution in [0.3, 0.4) is 0 Å². The molecule has 21 heavy (non-hydrogen) atoms. The molecule has 3 nitrogen and oxygen atoms in total. The predicted molar refractivity (Wildman–Crippen MR) is 88.4 cm³/mol. The molecule has 0 radical (unpaired) electrons. The number of halogens is 1. The third-order valence-corrected chi connectivity index (χ3v) is 7.37. The smallest absolute Gasteiger partial charge is 0.207 e. The topological polar surface area (TPSA) is 37.4 Å². The third kappa shape index (κ3) is 3.06. The van der Waals surface area contributed by atoms with Crippen molar-refractivity contribution in [3.63, 3.8) is 0 Å². The van der Waals surface area contributed by atoms with E-state index >= 15 is 0 Å². The van der Waals surface area contributed by atoms with Crippen molar-refractivity contribution in [1.82, 2.24) is 4.31 Å². The van der Waals surface area contributed by atoms with Crippen LogP contribution in [0.5, 0.6) is 0 Å². The summed E-state index contributed by atoms with van der Waals surface area (Å²) in [5.41, 5.74) is 2.54. The number of sulfonamides is 1. The van der Waals surface area contributed by atoms with E-state index in [0.29, 0.717) is 11.4 Å². The molecule has 2 aliphatic rings. The van der Waals surface area contributed by atoms with Crippen LogP contribution in [0.15, 0.2) is 23.1 Å². The van der Waals surface area contributed by atoms with E-state index in [1.807, 2.05) is 12.1 Å². The van der Waals surface area contributed by atoms with E-state index in [0.717, 1.165) is 50.3 Å². The molecule has 5 heteroatoms. The number of benzene rings is 1. The summed E-state index contributed by atoms with van der Waals surface area (Å²) in [7, 11) is -3.36. The zero-order chi connectivity index (χ0) is 14.9. The minimum absolute atomic E-state index is 0.0887. The highest BCUT2D eigenvalue weighted by molar-refractivity contribution is 9.09. The van der Waals surface area contributed by atoms with Gasteiger partial charge in [0.05, 0.1) is 4.90 Å². The van der Waals surface area contributed by atoms with Gasteiger partial charge in [-0.3, -0.25) is 0 Å². The summed E-state index contributed by atoms with van der Waals surface area (Å²) in [6.07, 6.45) is 7.41. The maximum absolute atomic E-state index is 13.0. The first-order valence-electron chi connectivity index (χ1n) is 7.82. The molecule has 1 fully saturated rings. The van der Waals surface area contributed by atoms with E-state index in [-0.39, 0.29) is 6.04 Å². The Bertz CT molecular complexity index is 615. The predicted octanol–water partition coefficient (Wildman–Crippen LogP) is 3.50. The molecule has 0 bridgehead atoms.